The van der Waals surface area contributed by atoms with Crippen LogP contribution in [0.4, 0.5) is 0 Å². The Bertz CT molecular complexity index is 288. The summed E-state index contributed by atoms with van der Waals surface area (Å²) >= 11 is 0. The first-order chi connectivity index (χ1) is 6.81. The molecule has 1 fully saturated rings. The first-order valence-corrected chi connectivity index (χ1v) is 5.44. The molecule has 2 rings (SSSR count). The number of imidazole rings is 1. The number of nitrogens with one attached hydrogen (secondary N) is 1. The van der Waals surface area contributed by atoms with Crippen LogP contribution in [0.3, 0.4) is 0 Å². The van der Waals surface area contributed by atoms with Crippen molar-refractivity contribution in [2.24, 2.45) is 13.0 Å². The predicted molar refractivity (Wildman–Crippen MR) is 57.0 cm³/mol. The van der Waals surface area contributed by atoms with Gasteiger partial charge in [0, 0.05) is 19.3 Å². The zero-order chi connectivity index (χ0) is 9.97. The number of aryl methyl sites for hydroxylation is 1. The molecular weight excluding hydrogens is 174 g/mol. The van der Waals surface area contributed by atoms with Gasteiger partial charge < -0.3 is 9.88 Å². The molecule has 0 bridgehead atoms. The fourth-order valence-corrected chi connectivity index (χ4v) is 1.95. The summed E-state index contributed by atoms with van der Waals surface area (Å²) in [5.41, 5.74) is 1.30. The normalized spacial score (nSPS) is 18.4. The Morgan fingerprint density at radius 1 is 1.64 bits per heavy atom. The lowest BCUT2D eigenvalue weighted by Crippen LogP contribution is -2.19. The van der Waals surface area contributed by atoms with E-state index in [0.29, 0.717) is 6.04 Å². The topological polar surface area (TPSA) is 29.9 Å². The van der Waals surface area contributed by atoms with Crippen LogP contribution in [0, 0.1) is 5.92 Å². The van der Waals surface area contributed by atoms with E-state index in [1.165, 1.54) is 31.4 Å². The van der Waals surface area contributed by atoms with E-state index in [-0.39, 0.29) is 0 Å². The average molecular weight is 193 g/mol. The number of nitrogens with zero attached hydrogens (tertiary/aromatic N) is 2. The number of hydrogen-bond donors (Lipinski definition) is 1. The van der Waals surface area contributed by atoms with Gasteiger partial charge in [-0.1, -0.05) is 12.8 Å². The third-order valence-electron chi connectivity index (χ3n) is 3.12. The molecule has 0 saturated heterocycles. The van der Waals surface area contributed by atoms with Crippen molar-refractivity contribution < 1.29 is 0 Å². The van der Waals surface area contributed by atoms with Crippen molar-refractivity contribution in [2.75, 3.05) is 7.05 Å². The molecule has 0 radical (unpaired) electrons. The molecular formula is C11H19N3. The van der Waals surface area contributed by atoms with E-state index in [0.717, 1.165) is 5.92 Å². The van der Waals surface area contributed by atoms with Crippen LogP contribution in [-0.2, 0) is 7.05 Å². The molecule has 1 unspecified atom stereocenters. The Hall–Kier alpha value is -0.830. The quantitative estimate of drug-likeness (QED) is 0.773. The highest BCUT2D eigenvalue weighted by molar-refractivity contribution is 5.04. The van der Waals surface area contributed by atoms with Crippen molar-refractivity contribution in [1.82, 2.24) is 14.9 Å². The van der Waals surface area contributed by atoms with Crippen molar-refractivity contribution in [2.45, 2.75) is 31.7 Å². The molecule has 0 aromatic carbocycles. The Morgan fingerprint density at radius 3 is 2.93 bits per heavy atom. The third kappa shape index (κ3) is 2.15. The summed E-state index contributed by atoms with van der Waals surface area (Å²) in [5, 5.41) is 3.37. The van der Waals surface area contributed by atoms with Gasteiger partial charge in [0.05, 0.1) is 12.0 Å². The molecule has 14 heavy (non-hydrogen) atoms. The summed E-state index contributed by atoms with van der Waals surface area (Å²) < 4.78 is 2.11. The maximum Gasteiger partial charge on any atom is 0.0946 e. The Labute approximate surface area is 85.5 Å². The molecule has 0 spiro atoms. The smallest absolute Gasteiger partial charge is 0.0946 e. The van der Waals surface area contributed by atoms with Crippen LogP contribution in [0.5, 0.6) is 0 Å². The zero-order valence-electron chi connectivity index (χ0n) is 9.03. The van der Waals surface area contributed by atoms with Crippen LogP contribution in [0.25, 0.3) is 0 Å². The summed E-state index contributed by atoms with van der Waals surface area (Å²) in [4.78, 5) is 4.16. The number of hydrogen-bond acceptors (Lipinski definition) is 2. The van der Waals surface area contributed by atoms with Gasteiger partial charge >= 0.3 is 0 Å². The van der Waals surface area contributed by atoms with Gasteiger partial charge in [0.25, 0.3) is 0 Å². The summed E-state index contributed by atoms with van der Waals surface area (Å²) in [6.07, 6.45) is 9.33. The van der Waals surface area contributed by atoms with E-state index in [1.807, 2.05) is 19.6 Å². The lowest BCUT2D eigenvalue weighted by molar-refractivity contribution is 0.484. The van der Waals surface area contributed by atoms with Crippen LogP contribution in [0.2, 0.25) is 0 Å². The Balaban J connectivity index is 1.93. The van der Waals surface area contributed by atoms with E-state index in [2.05, 4.69) is 21.9 Å². The first-order valence-electron chi connectivity index (χ1n) is 5.44. The molecule has 0 aliphatic heterocycles. The second-order valence-electron chi connectivity index (χ2n) is 4.29. The van der Waals surface area contributed by atoms with Gasteiger partial charge in [-0.2, -0.15) is 0 Å². The third-order valence-corrected chi connectivity index (χ3v) is 3.12. The van der Waals surface area contributed by atoms with Crippen molar-refractivity contribution in [3.8, 4) is 0 Å². The monoisotopic (exact) mass is 193 g/mol. The van der Waals surface area contributed by atoms with Gasteiger partial charge in [-0.25, -0.2) is 4.98 Å². The summed E-state index contributed by atoms with van der Waals surface area (Å²) in [5.74, 6) is 1.01. The maximum atomic E-state index is 4.16. The van der Waals surface area contributed by atoms with Crippen LogP contribution >= 0.6 is 0 Å². The van der Waals surface area contributed by atoms with Gasteiger partial charge in [-0.05, 0) is 25.8 Å². The summed E-state index contributed by atoms with van der Waals surface area (Å²) in [7, 11) is 4.09. The van der Waals surface area contributed by atoms with Gasteiger partial charge in [0.1, 0.15) is 0 Å². The fraction of sp³-hybridized carbons (Fsp3) is 0.727. The molecule has 1 heterocycles. The minimum Gasteiger partial charge on any atom is -0.336 e. The lowest BCUT2D eigenvalue weighted by Gasteiger charge is -2.16. The van der Waals surface area contributed by atoms with Crippen LogP contribution in [0.1, 0.15) is 37.4 Å². The van der Waals surface area contributed by atoms with Crippen LogP contribution in [0.15, 0.2) is 12.5 Å². The predicted octanol–water partition coefficient (Wildman–Crippen LogP) is 1.87. The molecule has 1 N–H and O–H groups in total. The zero-order valence-corrected chi connectivity index (χ0v) is 9.03. The second kappa shape index (κ2) is 4.13. The lowest BCUT2D eigenvalue weighted by atomic mass is 10.1. The molecule has 78 valence electrons. The summed E-state index contributed by atoms with van der Waals surface area (Å²) in [6, 6.07) is 0.475. The highest BCUT2D eigenvalue weighted by atomic mass is 15.1. The molecule has 1 saturated carbocycles. The van der Waals surface area contributed by atoms with Crippen molar-refractivity contribution in [3.05, 3.63) is 18.2 Å². The van der Waals surface area contributed by atoms with Gasteiger partial charge in [-0.3, -0.25) is 0 Å². The molecule has 1 aliphatic carbocycles. The van der Waals surface area contributed by atoms with E-state index in [1.54, 1.807) is 0 Å². The number of aromatic nitrogens is 2. The van der Waals surface area contributed by atoms with E-state index >= 15 is 0 Å². The molecule has 3 nitrogen and oxygen atoms in total. The van der Waals surface area contributed by atoms with Gasteiger partial charge in [0.2, 0.25) is 0 Å². The molecule has 1 aliphatic rings. The number of rotatable bonds is 5. The Kier molecular flexibility index (Phi) is 2.87. The SMILES string of the molecule is CNC(CCC1CC1)c1cncn1C. The van der Waals surface area contributed by atoms with Crippen LogP contribution in [-0.4, -0.2) is 16.6 Å². The second-order valence-corrected chi connectivity index (χ2v) is 4.29. The van der Waals surface area contributed by atoms with Crippen LogP contribution < -0.4 is 5.32 Å². The first kappa shape index (κ1) is 9.71. The highest BCUT2D eigenvalue weighted by Crippen LogP contribution is 2.35. The maximum absolute atomic E-state index is 4.16. The summed E-state index contributed by atoms with van der Waals surface area (Å²) in [6.45, 7) is 0. The average Bonchev–Trinajstić information content (AvgIpc) is 2.92. The standard InChI is InChI=1S/C11H19N3/c1-12-10(6-5-9-3-4-9)11-7-13-8-14(11)2/h7-10,12H,3-6H2,1-2H3. The van der Waals surface area contributed by atoms with E-state index < -0.39 is 0 Å². The fourth-order valence-electron chi connectivity index (χ4n) is 1.95. The Morgan fingerprint density at radius 2 is 2.43 bits per heavy atom. The molecule has 1 atom stereocenters. The van der Waals surface area contributed by atoms with Crippen molar-refractivity contribution >= 4 is 0 Å². The molecule has 1 aromatic rings. The van der Waals surface area contributed by atoms with Gasteiger partial charge in [0.15, 0.2) is 0 Å². The van der Waals surface area contributed by atoms with Crippen molar-refractivity contribution in [1.29, 1.82) is 0 Å². The van der Waals surface area contributed by atoms with E-state index in [9.17, 15) is 0 Å². The highest BCUT2D eigenvalue weighted by Gasteiger charge is 2.23. The largest absolute Gasteiger partial charge is 0.336 e. The molecule has 3 heteroatoms. The van der Waals surface area contributed by atoms with Crippen molar-refractivity contribution in [3.63, 3.8) is 0 Å². The molecule has 0 amide bonds. The minimum absolute atomic E-state index is 0.475. The molecule has 1 aromatic heterocycles. The van der Waals surface area contributed by atoms with Gasteiger partial charge in [-0.15, -0.1) is 0 Å². The van der Waals surface area contributed by atoms with E-state index in [4.69, 9.17) is 0 Å². The minimum atomic E-state index is 0.475.